The van der Waals surface area contributed by atoms with Crippen LogP contribution in [0.2, 0.25) is 0 Å². The Morgan fingerprint density at radius 1 is 1.69 bits per heavy atom. The monoisotopic (exact) mass is 228 g/mol. The van der Waals surface area contributed by atoms with Crippen molar-refractivity contribution < 1.29 is 19.4 Å². The highest BCUT2D eigenvalue weighted by molar-refractivity contribution is 5.90. The summed E-state index contributed by atoms with van der Waals surface area (Å²) >= 11 is 0. The molecule has 0 aromatic heterocycles. The van der Waals surface area contributed by atoms with Crippen LogP contribution in [0.3, 0.4) is 0 Å². The van der Waals surface area contributed by atoms with E-state index in [-0.39, 0.29) is 25.0 Å². The zero-order valence-electron chi connectivity index (χ0n) is 8.99. The van der Waals surface area contributed by atoms with Crippen molar-refractivity contribution in [3.05, 3.63) is 0 Å². The number of carbonyl (C=O) groups is 2. The van der Waals surface area contributed by atoms with E-state index in [0.29, 0.717) is 25.9 Å². The molecule has 2 amide bonds. The first kappa shape index (κ1) is 11.3. The summed E-state index contributed by atoms with van der Waals surface area (Å²) in [5.74, 6) is -0.325. The minimum absolute atomic E-state index is 0.0944. The average molecular weight is 228 g/mol. The van der Waals surface area contributed by atoms with Crippen molar-refractivity contribution in [1.82, 2.24) is 10.6 Å². The van der Waals surface area contributed by atoms with E-state index in [1.54, 1.807) is 0 Å². The van der Waals surface area contributed by atoms with E-state index in [4.69, 9.17) is 4.74 Å². The molecule has 2 fully saturated rings. The molecule has 2 unspecified atom stereocenters. The second-order valence-electron chi connectivity index (χ2n) is 4.40. The van der Waals surface area contributed by atoms with E-state index in [0.717, 1.165) is 0 Å². The number of hydrogen-bond donors (Lipinski definition) is 3. The van der Waals surface area contributed by atoms with Crippen molar-refractivity contribution in [1.29, 1.82) is 0 Å². The molecule has 2 rings (SSSR count). The average Bonchev–Trinajstić information content (AvgIpc) is 2.85. The van der Waals surface area contributed by atoms with Gasteiger partial charge in [-0.25, -0.2) is 0 Å². The van der Waals surface area contributed by atoms with Crippen molar-refractivity contribution in [2.24, 2.45) is 0 Å². The fourth-order valence-corrected chi connectivity index (χ4v) is 1.92. The molecule has 0 spiro atoms. The van der Waals surface area contributed by atoms with Crippen LogP contribution in [0.5, 0.6) is 0 Å². The lowest BCUT2D eigenvalue weighted by Gasteiger charge is -2.21. The molecule has 2 saturated heterocycles. The van der Waals surface area contributed by atoms with E-state index >= 15 is 0 Å². The number of ether oxygens (including phenoxy) is 1. The molecular weight excluding hydrogens is 212 g/mol. The molecule has 2 aliphatic rings. The SMILES string of the molecule is O=C1CCC(C(=O)NCC2(O)CCOC2)N1. The maximum atomic E-state index is 11.6. The van der Waals surface area contributed by atoms with E-state index in [9.17, 15) is 14.7 Å². The van der Waals surface area contributed by atoms with Crippen LogP contribution in [0.25, 0.3) is 0 Å². The summed E-state index contributed by atoms with van der Waals surface area (Å²) in [4.78, 5) is 22.5. The van der Waals surface area contributed by atoms with Gasteiger partial charge in [-0.05, 0) is 6.42 Å². The highest BCUT2D eigenvalue weighted by Gasteiger charge is 2.34. The first-order valence-electron chi connectivity index (χ1n) is 5.46. The molecule has 0 aromatic rings. The van der Waals surface area contributed by atoms with Gasteiger partial charge in [0.05, 0.1) is 6.61 Å². The number of carbonyl (C=O) groups excluding carboxylic acids is 2. The second-order valence-corrected chi connectivity index (χ2v) is 4.40. The van der Waals surface area contributed by atoms with Gasteiger partial charge in [-0.2, -0.15) is 0 Å². The molecule has 0 saturated carbocycles. The third kappa shape index (κ3) is 2.51. The molecule has 2 atom stereocenters. The fraction of sp³-hybridized carbons (Fsp3) is 0.800. The Morgan fingerprint density at radius 3 is 3.06 bits per heavy atom. The maximum absolute atomic E-state index is 11.6. The number of rotatable bonds is 3. The number of amides is 2. The van der Waals surface area contributed by atoms with Crippen molar-refractivity contribution in [2.45, 2.75) is 30.9 Å². The van der Waals surface area contributed by atoms with Gasteiger partial charge in [0.15, 0.2) is 0 Å². The molecule has 2 heterocycles. The molecule has 2 aliphatic heterocycles. The summed E-state index contributed by atoms with van der Waals surface area (Å²) in [6.45, 7) is 0.953. The van der Waals surface area contributed by atoms with E-state index in [2.05, 4.69) is 10.6 Å². The third-order valence-electron chi connectivity index (χ3n) is 2.99. The molecule has 0 bridgehead atoms. The van der Waals surface area contributed by atoms with Crippen LogP contribution >= 0.6 is 0 Å². The van der Waals surface area contributed by atoms with Crippen molar-refractivity contribution in [2.75, 3.05) is 19.8 Å². The van der Waals surface area contributed by atoms with Crippen LogP contribution in [-0.2, 0) is 14.3 Å². The Balaban J connectivity index is 1.77. The van der Waals surface area contributed by atoms with Crippen LogP contribution in [0.1, 0.15) is 19.3 Å². The van der Waals surface area contributed by atoms with E-state index < -0.39 is 11.6 Å². The van der Waals surface area contributed by atoms with Crippen LogP contribution in [0, 0.1) is 0 Å². The molecule has 90 valence electrons. The summed E-state index contributed by atoms with van der Waals surface area (Å²) in [5.41, 5.74) is -0.946. The van der Waals surface area contributed by atoms with Crippen molar-refractivity contribution >= 4 is 11.8 Å². The molecule has 6 heteroatoms. The first-order valence-corrected chi connectivity index (χ1v) is 5.46. The van der Waals surface area contributed by atoms with Gasteiger partial charge >= 0.3 is 0 Å². The Labute approximate surface area is 93.3 Å². The largest absolute Gasteiger partial charge is 0.386 e. The molecule has 3 N–H and O–H groups in total. The van der Waals surface area contributed by atoms with Gasteiger partial charge in [0.25, 0.3) is 0 Å². The Hall–Kier alpha value is -1.14. The highest BCUT2D eigenvalue weighted by atomic mass is 16.5. The molecule has 16 heavy (non-hydrogen) atoms. The van der Waals surface area contributed by atoms with Crippen molar-refractivity contribution in [3.63, 3.8) is 0 Å². The summed E-state index contributed by atoms with van der Waals surface area (Å²) in [6, 6.07) is -0.446. The van der Waals surface area contributed by atoms with Gasteiger partial charge in [0.1, 0.15) is 11.6 Å². The first-order chi connectivity index (χ1) is 7.59. The lowest BCUT2D eigenvalue weighted by Crippen LogP contribution is -2.48. The number of nitrogens with one attached hydrogen (secondary N) is 2. The van der Waals surface area contributed by atoms with Gasteiger partial charge < -0.3 is 20.5 Å². The Kier molecular flexibility index (Phi) is 3.11. The normalized spacial score (nSPS) is 33.8. The Morgan fingerprint density at radius 2 is 2.50 bits per heavy atom. The van der Waals surface area contributed by atoms with Crippen LogP contribution in [-0.4, -0.2) is 48.3 Å². The summed E-state index contributed by atoms with van der Waals surface area (Å²) in [5, 5.41) is 15.1. The van der Waals surface area contributed by atoms with Crippen LogP contribution in [0.4, 0.5) is 0 Å². The highest BCUT2D eigenvalue weighted by Crippen LogP contribution is 2.17. The van der Waals surface area contributed by atoms with Gasteiger partial charge in [-0.15, -0.1) is 0 Å². The predicted octanol–water partition coefficient (Wildman–Crippen LogP) is -1.47. The maximum Gasteiger partial charge on any atom is 0.242 e. The summed E-state index contributed by atoms with van der Waals surface area (Å²) < 4.78 is 5.06. The third-order valence-corrected chi connectivity index (χ3v) is 2.99. The topological polar surface area (TPSA) is 87.7 Å². The molecule has 0 aliphatic carbocycles. The number of aliphatic hydroxyl groups is 1. The van der Waals surface area contributed by atoms with Gasteiger partial charge in [0, 0.05) is 26.0 Å². The quantitative estimate of drug-likeness (QED) is 0.550. The van der Waals surface area contributed by atoms with E-state index in [1.165, 1.54) is 0 Å². The lowest BCUT2D eigenvalue weighted by molar-refractivity contribution is -0.126. The van der Waals surface area contributed by atoms with E-state index in [1.807, 2.05) is 0 Å². The second kappa shape index (κ2) is 4.39. The minimum atomic E-state index is -0.946. The molecular formula is C10H16N2O4. The molecule has 0 aromatic carbocycles. The standard InChI is InChI=1S/C10H16N2O4/c13-8-2-1-7(12-8)9(14)11-5-10(15)3-4-16-6-10/h7,15H,1-6H2,(H,11,14)(H,12,13). The van der Waals surface area contributed by atoms with Gasteiger partial charge in [-0.3, -0.25) is 9.59 Å². The lowest BCUT2D eigenvalue weighted by atomic mass is 10.0. The molecule has 6 nitrogen and oxygen atoms in total. The Bertz CT molecular complexity index is 299. The summed E-state index contributed by atoms with van der Waals surface area (Å²) in [7, 11) is 0. The van der Waals surface area contributed by atoms with Gasteiger partial charge in [-0.1, -0.05) is 0 Å². The minimum Gasteiger partial charge on any atom is -0.386 e. The van der Waals surface area contributed by atoms with Crippen LogP contribution in [0.15, 0.2) is 0 Å². The number of hydrogen-bond acceptors (Lipinski definition) is 4. The summed E-state index contributed by atoms with van der Waals surface area (Å²) in [6.07, 6.45) is 1.45. The van der Waals surface area contributed by atoms with Crippen molar-refractivity contribution in [3.8, 4) is 0 Å². The van der Waals surface area contributed by atoms with Crippen LogP contribution < -0.4 is 10.6 Å². The van der Waals surface area contributed by atoms with Gasteiger partial charge in [0.2, 0.25) is 11.8 Å². The smallest absolute Gasteiger partial charge is 0.242 e. The zero-order chi connectivity index (χ0) is 11.6. The predicted molar refractivity (Wildman–Crippen MR) is 54.6 cm³/mol. The fourth-order valence-electron chi connectivity index (χ4n) is 1.92. The zero-order valence-corrected chi connectivity index (χ0v) is 8.99. The molecule has 0 radical (unpaired) electrons.